The Morgan fingerprint density at radius 3 is 2.75 bits per heavy atom. The molecule has 94 valence electrons. The first-order chi connectivity index (χ1) is 7.57. The van der Waals surface area contributed by atoms with Crippen LogP contribution in [0.3, 0.4) is 0 Å². The van der Waals surface area contributed by atoms with Crippen molar-refractivity contribution in [2.24, 2.45) is 17.8 Å². The molecule has 1 aliphatic carbocycles. The van der Waals surface area contributed by atoms with E-state index in [1.807, 2.05) is 11.8 Å². The van der Waals surface area contributed by atoms with Crippen molar-refractivity contribution < 1.29 is 4.74 Å². The highest BCUT2D eigenvalue weighted by atomic mass is 35.5. The zero-order chi connectivity index (χ0) is 11.8. The first-order valence-corrected chi connectivity index (χ1v) is 7.97. The maximum absolute atomic E-state index is 6.31. The Morgan fingerprint density at radius 2 is 2.19 bits per heavy atom. The topological polar surface area (TPSA) is 9.23 Å². The van der Waals surface area contributed by atoms with Gasteiger partial charge in [0, 0.05) is 11.6 Å². The van der Waals surface area contributed by atoms with Gasteiger partial charge in [0.1, 0.15) is 4.93 Å². The van der Waals surface area contributed by atoms with Gasteiger partial charge in [-0.25, -0.2) is 0 Å². The third-order valence-electron chi connectivity index (χ3n) is 4.02. The van der Waals surface area contributed by atoms with Crippen molar-refractivity contribution in [2.75, 3.05) is 11.6 Å². The molecule has 1 aliphatic heterocycles. The highest BCUT2D eigenvalue weighted by molar-refractivity contribution is 8.00. The van der Waals surface area contributed by atoms with Crippen LogP contribution in [0.25, 0.3) is 0 Å². The molecule has 2 fully saturated rings. The number of hydrogen-bond donors (Lipinski definition) is 0. The van der Waals surface area contributed by atoms with E-state index in [0.29, 0.717) is 17.7 Å². The van der Waals surface area contributed by atoms with Gasteiger partial charge in [-0.05, 0) is 30.6 Å². The zero-order valence-electron chi connectivity index (χ0n) is 10.5. The Hall–Kier alpha value is 0.600. The molecule has 1 saturated carbocycles. The molecule has 0 unspecified atom stereocenters. The van der Waals surface area contributed by atoms with Gasteiger partial charge in [-0.1, -0.05) is 27.2 Å². The van der Waals surface area contributed by atoms with E-state index in [9.17, 15) is 0 Å². The first kappa shape index (κ1) is 13.0. The average Bonchev–Trinajstić information content (AvgIpc) is 2.61. The minimum Gasteiger partial charge on any atom is -0.359 e. The molecule has 2 rings (SSSR count). The van der Waals surface area contributed by atoms with E-state index in [1.54, 1.807) is 0 Å². The summed E-state index contributed by atoms with van der Waals surface area (Å²) in [5.74, 6) is 3.96. The number of alkyl halides is 1. The Morgan fingerprint density at radius 1 is 1.44 bits per heavy atom. The molecular formula is C13H23ClOS. The molecule has 0 radical (unpaired) electrons. The standard InChI is InChI=1S/C13H23ClOS/c1-9(2)12-5-4-10(3)6-13(12)15-11(7-14)8-16-13/h9-12H,4-8H2,1-3H3/t10-,11-,12-,13-/m1/s1. The minimum atomic E-state index is 0.0887. The van der Waals surface area contributed by atoms with E-state index in [0.717, 1.165) is 11.7 Å². The number of hydrogen-bond acceptors (Lipinski definition) is 2. The molecular weight excluding hydrogens is 240 g/mol. The molecule has 1 saturated heterocycles. The van der Waals surface area contributed by atoms with Crippen LogP contribution in [0.15, 0.2) is 0 Å². The van der Waals surface area contributed by atoms with Crippen molar-refractivity contribution >= 4 is 23.4 Å². The Labute approximate surface area is 109 Å². The molecule has 0 aromatic heterocycles. The van der Waals surface area contributed by atoms with Gasteiger partial charge in [-0.2, -0.15) is 0 Å². The van der Waals surface area contributed by atoms with E-state index < -0.39 is 0 Å². The van der Waals surface area contributed by atoms with Gasteiger partial charge in [0.2, 0.25) is 0 Å². The van der Waals surface area contributed by atoms with Crippen LogP contribution in [-0.4, -0.2) is 22.7 Å². The molecule has 1 spiro atoms. The highest BCUT2D eigenvalue weighted by Crippen LogP contribution is 2.53. The van der Waals surface area contributed by atoms with E-state index in [4.69, 9.17) is 16.3 Å². The molecule has 3 heteroatoms. The third-order valence-corrected chi connectivity index (χ3v) is 5.96. The molecule has 1 nitrogen and oxygen atoms in total. The normalized spacial score (nSPS) is 44.4. The molecule has 16 heavy (non-hydrogen) atoms. The Balaban J connectivity index is 2.13. The molecule has 4 atom stereocenters. The lowest BCUT2D eigenvalue weighted by Gasteiger charge is -2.44. The van der Waals surface area contributed by atoms with E-state index >= 15 is 0 Å². The summed E-state index contributed by atoms with van der Waals surface area (Å²) in [5.41, 5.74) is 0. The van der Waals surface area contributed by atoms with Crippen LogP contribution in [0.2, 0.25) is 0 Å². The number of thioether (sulfide) groups is 1. The fourth-order valence-corrected chi connectivity index (χ4v) is 5.39. The van der Waals surface area contributed by atoms with Crippen LogP contribution in [0.4, 0.5) is 0 Å². The summed E-state index contributed by atoms with van der Waals surface area (Å²) in [4.78, 5) is 0.0887. The number of halogens is 1. The summed E-state index contributed by atoms with van der Waals surface area (Å²) in [7, 11) is 0. The molecule has 0 N–H and O–H groups in total. The van der Waals surface area contributed by atoms with Crippen molar-refractivity contribution in [1.82, 2.24) is 0 Å². The predicted molar refractivity (Wildman–Crippen MR) is 72.1 cm³/mol. The summed E-state index contributed by atoms with van der Waals surface area (Å²) in [6, 6.07) is 0. The summed E-state index contributed by atoms with van der Waals surface area (Å²) in [6.07, 6.45) is 4.17. The third kappa shape index (κ3) is 2.39. The van der Waals surface area contributed by atoms with Crippen molar-refractivity contribution in [3.05, 3.63) is 0 Å². The second-order valence-electron chi connectivity index (χ2n) is 5.75. The smallest absolute Gasteiger partial charge is 0.117 e. The van der Waals surface area contributed by atoms with Crippen LogP contribution in [0.5, 0.6) is 0 Å². The molecule has 2 aliphatic rings. The van der Waals surface area contributed by atoms with Crippen molar-refractivity contribution in [3.63, 3.8) is 0 Å². The molecule has 0 bridgehead atoms. The fraction of sp³-hybridized carbons (Fsp3) is 1.00. The van der Waals surface area contributed by atoms with Gasteiger partial charge in [0.25, 0.3) is 0 Å². The van der Waals surface area contributed by atoms with Crippen molar-refractivity contribution in [2.45, 2.75) is 51.1 Å². The van der Waals surface area contributed by atoms with Crippen molar-refractivity contribution in [1.29, 1.82) is 0 Å². The molecule has 0 aromatic carbocycles. The molecule has 0 amide bonds. The van der Waals surface area contributed by atoms with E-state index in [2.05, 4.69) is 20.8 Å². The lowest BCUT2D eigenvalue weighted by molar-refractivity contribution is -0.0772. The lowest BCUT2D eigenvalue weighted by atomic mass is 9.75. The summed E-state index contributed by atoms with van der Waals surface area (Å²) >= 11 is 7.97. The van der Waals surface area contributed by atoms with Gasteiger partial charge in [-0.3, -0.25) is 0 Å². The first-order valence-electron chi connectivity index (χ1n) is 6.45. The van der Waals surface area contributed by atoms with E-state index in [-0.39, 0.29) is 11.0 Å². The largest absolute Gasteiger partial charge is 0.359 e. The van der Waals surface area contributed by atoms with Crippen LogP contribution >= 0.6 is 23.4 Å². The summed E-state index contributed by atoms with van der Waals surface area (Å²) in [5, 5.41) is 0. The lowest BCUT2D eigenvalue weighted by Crippen LogP contribution is -2.43. The van der Waals surface area contributed by atoms with Crippen LogP contribution in [0, 0.1) is 17.8 Å². The van der Waals surface area contributed by atoms with Gasteiger partial charge in [-0.15, -0.1) is 23.4 Å². The van der Waals surface area contributed by atoms with Gasteiger partial charge in [0.05, 0.1) is 6.10 Å². The van der Waals surface area contributed by atoms with Crippen molar-refractivity contribution in [3.8, 4) is 0 Å². The predicted octanol–water partition coefficient (Wildman–Crippen LogP) is 4.15. The average molecular weight is 263 g/mol. The Kier molecular flexibility index (Phi) is 4.14. The van der Waals surface area contributed by atoms with Crippen LogP contribution in [0.1, 0.15) is 40.0 Å². The second-order valence-corrected chi connectivity index (χ2v) is 7.38. The quantitative estimate of drug-likeness (QED) is 0.692. The summed E-state index contributed by atoms with van der Waals surface area (Å²) in [6.45, 7) is 7.02. The fourth-order valence-electron chi connectivity index (χ4n) is 3.23. The SMILES string of the molecule is CC(C)[C@H]1CC[C@@H](C)C[C@]12O[C@H](CCl)CS2. The second kappa shape index (κ2) is 5.07. The van der Waals surface area contributed by atoms with Crippen LogP contribution < -0.4 is 0 Å². The maximum Gasteiger partial charge on any atom is 0.117 e. The molecule has 1 heterocycles. The van der Waals surface area contributed by atoms with Crippen LogP contribution in [-0.2, 0) is 4.74 Å². The molecule has 0 aromatic rings. The Bertz CT molecular complexity index is 246. The highest BCUT2D eigenvalue weighted by Gasteiger charge is 2.50. The van der Waals surface area contributed by atoms with Gasteiger partial charge < -0.3 is 4.74 Å². The van der Waals surface area contributed by atoms with Gasteiger partial charge >= 0.3 is 0 Å². The number of ether oxygens (including phenoxy) is 1. The van der Waals surface area contributed by atoms with E-state index in [1.165, 1.54) is 19.3 Å². The maximum atomic E-state index is 6.31. The number of rotatable bonds is 2. The minimum absolute atomic E-state index is 0.0887. The summed E-state index contributed by atoms with van der Waals surface area (Å²) < 4.78 is 6.31. The van der Waals surface area contributed by atoms with Gasteiger partial charge in [0.15, 0.2) is 0 Å². The zero-order valence-corrected chi connectivity index (χ0v) is 12.1. The monoisotopic (exact) mass is 262 g/mol.